The zero-order valence-electron chi connectivity index (χ0n) is 21.9. The maximum absolute atomic E-state index is 12.8. The molecule has 0 aliphatic carbocycles. The Balaban J connectivity index is 2.24. The minimum absolute atomic E-state index is 0.141. The van der Waals surface area contributed by atoms with Gasteiger partial charge in [-0.3, -0.25) is 9.79 Å². The van der Waals surface area contributed by atoms with Crippen LogP contribution in [0.5, 0.6) is 11.6 Å². The zero-order chi connectivity index (χ0) is 26.7. The number of carbonyl (C=O) groups is 1. The lowest BCUT2D eigenvalue weighted by Gasteiger charge is -2.19. The molecule has 0 bridgehead atoms. The van der Waals surface area contributed by atoms with Crippen molar-refractivity contribution in [3.05, 3.63) is 77.1 Å². The molecule has 36 heavy (non-hydrogen) atoms. The number of nitrogens with one attached hydrogen (secondary N) is 1. The summed E-state index contributed by atoms with van der Waals surface area (Å²) in [6.07, 6.45) is 7.55. The van der Waals surface area contributed by atoms with Gasteiger partial charge in [-0.05, 0) is 70.7 Å². The van der Waals surface area contributed by atoms with Crippen molar-refractivity contribution in [2.75, 3.05) is 41.3 Å². The Bertz CT molecular complexity index is 1160. The first-order valence-corrected chi connectivity index (χ1v) is 12.0. The maximum atomic E-state index is 12.8. The molecule has 8 nitrogen and oxygen atoms in total. The number of aromatic nitrogens is 1. The van der Waals surface area contributed by atoms with E-state index < -0.39 is 0 Å². The second-order valence-corrected chi connectivity index (χ2v) is 8.77. The van der Waals surface area contributed by atoms with Gasteiger partial charge in [-0.2, -0.15) is 0 Å². The first-order valence-electron chi connectivity index (χ1n) is 11.6. The number of allylic oxidation sites excluding steroid dienone is 1. The van der Waals surface area contributed by atoms with Gasteiger partial charge in [0.25, 0.3) is 5.91 Å². The van der Waals surface area contributed by atoms with Crippen LogP contribution < -0.4 is 10.1 Å². The number of aliphatic imine (C=N–C) groups is 2. The second-order valence-electron chi connectivity index (χ2n) is 8.37. The molecule has 2 aromatic rings. The van der Waals surface area contributed by atoms with E-state index in [1.165, 1.54) is 12.4 Å². The summed E-state index contributed by atoms with van der Waals surface area (Å²) in [5.74, 6) is 1.81. The largest absolute Gasteiger partial charge is 0.438 e. The SMILES string of the molecule is C=CN=C(NC(/C=C\C)=NC)c1cc(Oc2ncc(C(=O)N(C)CCCN(C)C)cc2Cl)ccc1C. The molecule has 0 atom stereocenters. The van der Waals surface area contributed by atoms with Crippen molar-refractivity contribution in [1.29, 1.82) is 0 Å². The normalized spacial score (nSPS) is 12.2. The molecular formula is C27H35ClN6O2. The summed E-state index contributed by atoms with van der Waals surface area (Å²) in [5, 5.41) is 3.46. The van der Waals surface area contributed by atoms with Crippen LogP contribution in [0.2, 0.25) is 5.02 Å². The van der Waals surface area contributed by atoms with Crippen molar-refractivity contribution < 1.29 is 9.53 Å². The van der Waals surface area contributed by atoms with Crippen molar-refractivity contribution in [3.8, 4) is 11.6 Å². The van der Waals surface area contributed by atoms with Crippen LogP contribution in [0.25, 0.3) is 0 Å². The van der Waals surface area contributed by atoms with Gasteiger partial charge in [0.05, 0.1) is 5.56 Å². The van der Waals surface area contributed by atoms with Crippen molar-refractivity contribution in [3.63, 3.8) is 0 Å². The van der Waals surface area contributed by atoms with E-state index in [0.29, 0.717) is 29.5 Å². The summed E-state index contributed by atoms with van der Waals surface area (Å²) < 4.78 is 5.97. The average Bonchev–Trinajstić information content (AvgIpc) is 2.84. The van der Waals surface area contributed by atoms with E-state index in [4.69, 9.17) is 16.3 Å². The van der Waals surface area contributed by atoms with Crippen LogP contribution in [-0.4, -0.2) is 73.6 Å². The van der Waals surface area contributed by atoms with Gasteiger partial charge in [0.15, 0.2) is 0 Å². The van der Waals surface area contributed by atoms with Crippen LogP contribution >= 0.6 is 11.6 Å². The van der Waals surface area contributed by atoms with Gasteiger partial charge in [0.2, 0.25) is 5.88 Å². The summed E-state index contributed by atoms with van der Waals surface area (Å²) >= 11 is 6.44. The Morgan fingerprint density at radius 1 is 1.25 bits per heavy atom. The van der Waals surface area contributed by atoms with Gasteiger partial charge in [0.1, 0.15) is 22.4 Å². The van der Waals surface area contributed by atoms with E-state index >= 15 is 0 Å². The fraction of sp³-hybridized carbons (Fsp3) is 0.333. The molecule has 0 fully saturated rings. The highest BCUT2D eigenvalue weighted by Gasteiger charge is 2.16. The minimum Gasteiger partial charge on any atom is -0.438 e. The fourth-order valence-electron chi connectivity index (χ4n) is 3.31. The Morgan fingerprint density at radius 2 is 2.00 bits per heavy atom. The van der Waals surface area contributed by atoms with Crippen LogP contribution in [0.15, 0.2) is 65.4 Å². The Kier molecular flexibility index (Phi) is 11.3. The highest BCUT2D eigenvalue weighted by molar-refractivity contribution is 6.32. The first-order chi connectivity index (χ1) is 17.2. The van der Waals surface area contributed by atoms with Crippen LogP contribution in [-0.2, 0) is 0 Å². The predicted octanol–water partition coefficient (Wildman–Crippen LogP) is 4.94. The lowest BCUT2D eigenvalue weighted by Crippen LogP contribution is -2.30. The molecule has 1 aromatic heterocycles. The van der Waals surface area contributed by atoms with Gasteiger partial charge in [-0.25, -0.2) is 9.98 Å². The number of ether oxygens (including phenoxy) is 1. The number of hydrogen-bond donors (Lipinski definition) is 1. The Hall–Kier alpha value is -3.49. The van der Waals surface area contributed by atoms with E-state index in [2.05, 4.69) is 31.8 Å². The number of rotatable bonds is 10. The molecule has 0 saturated carbocycles. The van der Waals surface area contributed by atoms with Crippen molar-refractivity contribution in [2.45, 2.75) is 20.3 Å². The molecule has 0 unspecified atom stereocenters. The highest BCUT2D eigenvalue weighted by Crippen LogP contribution is 2.29. The summed E-state index contributed by atoms with van der Waals surface area (Å²) in [7, 11) is 7.48. The Labute approximate surface area is 219 Å². The van der Waals surface area contributed by atoms with Crippen LogP contribution in [0.3, 0.4) is 0 Å². The molecule has 0 aliphatic rings. The zero-order valence-corrected chi connectivity index (χ0v) is 22.6. The van der Waals surface area contributed by atoms with E-state index in [1.807, 2.05) is 58.3 Å². The number of halogens is 1. The van der Waals surface area contributed by atoms with Gasteiger partial charge in [-0.15, -0.1) is 0 Å². The number of hydrogen-bond acceptors (Lipinski definition) is 6. The number of carbonyl (C=O) groups excluding carboxylic acids is 1. The van der Waals surface area contributed by atoms with E-state index in [0.717, 1.165) is 24.1 Å². The third kappa shape index (κ3) is 8.32. The standard InChI is InChI=1S/C27H35ClN6O2/c1-8-11-24(29-4)32-25(30-9-2)22-17-21(13-12-19(22)3)36-26-23(28)16-20(18-31-26)27(35)34(7)15-10-14-33(5)6/h8-9,11-13,16-18H,2,10,14-15H2,1,3-7H3,(H,29,30,32)/b11-8-. The number of amides is 1. The maximum Gasteiger partial charge on any atom is 0.255 e. The molecule has 1 heterocycles. The molecule has 192 valence electrons. The summed E-state index contributed by atoms with van der Waals surface area (Å²) in [4.78, 5) is 29.4. The van der Waals surface area contributed by atoms with Crippen molar-refractivity contribution in [1.82, 2.24) is 20.1 Å². The molecule has 0 radical (unpaired) electrons. The molecule has 1 N–H and O–H groups in total. The topological polar surface area (TPSA) is 82.4 Å². The predicted molar refractivity (Wildman–Crippen MR) is 149 cm³/mol. The van der Waals surface area contributed by atoms with Crippen LogP contribution in [0, 0.1) is 6.92 Å². The molecule has 9 heteroatoms. The highest BCUT2D eigenvalue weighted by atomic mass is 35.5. The van der Waals surface area contributed by atoms with Crippen LogP contribution in [0.1, 0.15) is 34.8 Å². The first kappa shape index (κ1) is 28.7. The van der Waals surface area contributed by atoms with Gasteiger partial charge >= 0.3 is 0 Å². The Morgan fingerprint density at radius 3 is 2.61 bits per heavy atom. The average molecular weight is 511 g/mol. The summed E-state index contributed by atoms with van der Waals surface area (Å²) in [5.41, 5.74) is 2.19. The quantitative estimate of drug-likeness (QED) is 0.361. The molecule has 1 amide bonds. The fourth-order valence-corrected chi connectivity index (χ4v) is 3.51. The number of benzene rings is 1. The summed E-state index contributed by atoms with van der Waals surface area (Å²) in [6, 6.07) is 7.15. The molecule has 0 saturated heterocycles. The lowest BCUT2D eigenvalue weighted by atomic mass is 10.1. The number of pyridine rings is 1. The van der Waals surface area contributed by atoms with Crippen molar-refractivity contribution in [2.24, 2.45) is 9.98 Å². The van der Waals surface area contributed by atoms with Crippen LogP contribution in [0.4, 0.5) is 0 Å². The van der Waals surface area contributed by atoms with E-state index in [-0.39, 0.29) is 16.8 Å². The van der Waals surface area contributed by atoms with Gasteiger partial charge in [0, 0.05) is 38.6 Å². The van der Waals surface area contributed by atoms with E-state index in [9.17, 15) is 4.79 Å². The molecular weight excluding hydrogens is 476 g/mol. The molecule has 0 spiro atoms. The molecule has 2 rings (SSSR count). The second kappa shape index (κ2) is 14.2. The van der Waals surface area contributed by atoms with Crippen molar-refractivity contribution >= 4 is 29.2 Å². The number of nitrogens with zero attached hydrogens (tertiary/aromatic N) is 5. The third-order valence-electron chi connectivity index (χ3n) is 5.21. The van der Waals surface area contributed by atoms with Gasteiger partial charge in [-0.1, -0.05) is 30.3 Å². The monoisotopic (exact) mass is 510 g/mol. The third-order valence-corrected chi connectivity index (χ3v) is 5.48. The molecule has 0 aliphatic heterocycles. The number of aryl methyl sites for hydroxylation is 1. The van der Waals surface area contributed by atoms with E-state index in [1.54, 1.807) is 25.1 Å². The smallest absolute Gasteiger partial charge is 0.255 e. The number of amidine groups is 2. The summed E-state index contributed by atoms with van der Waals surface area (Å²) in [6.45, 7) is 9.14. The minimum atomic E-state index is -0.141. The molecule has 1 aromatic carbocycles. The van der Waals surface area contributed by atoms with Gasteiger partial charge < -0.3 is 19.9 Å². The lowest BCUT2D eigenvalue weighted by molar-refractivity contribution is 0.0790.